The number of ether oxygens (including phenoxy) is 1. The third kappa shape index (κ3) is 3.40. The van der Waals surface area contributed by atoms with Crippen molar-refractivity contribution in [3.8, 4) is 5.75 Å². The molecule has 11 heteroatoms. The van der Waals surface area contributed by atoms with Crippen LogP contribution in [0.5, 0.6) is 5.75 Å². The van der Waals surface area contributed by atoms with E-state index >= 15 is 0 Å². The Labute approximate surface area is 144 Å². The van der Waals surface area contributed by atoms with Crippen LogP contribution in [-0.4, -0.2) is 23.8 Å². The minimum Gasteiger partial charge on any atom is -0.433 e. The number of nitrogens with zero attached hydrogens (tertiary/aromatic N) is 2. The number of fused-ring (bicyclic) bond motifs is 1. The van der Waals surface area contributed by atoms with E-state index in [4.69, 9.17) is 11.6 Å². The third-order valence-electron chi connectivity index (χ3n) is 2.94. The molecule has 0 aliphatic heterocycles. The first kappa shape index (κ1) is 16.8. The fourth-order valence-electron chi connectivity index (χ4n) is 1.96. The molecule has 0 atom stereocenters. The topological polar surface area (TPSA) is 81.2 Å². The standard InChI is InChI=1S/C13H8ClF2N3O3S2/c14-8-6-7(4-5-10(8)22-13(15)16)19-24(20,21)11-3-1-2-9-12(11)18-23-17-9/h1-6,13,19H. The largest absolute Gasteiger partial charge is 0.433 e. The molecule has 2 aromatic carbocycles. The first-order valence-electron chi connectivity index (χ1n) is 6.35. The van der Waals surface area contributed by atoms with Crippen LogP contribution < -0.4 is 9.46 Å². The van der Waals surface area contributed by atoms with Crippen molar-refractivity contribution in [3.05, 3.63) is 41.4 Å². The van der Waals surface area contributed by atoms with Gasteiger partial charge in [0.1, 0.15) is 21.7 Å². The molecule has 0 saturated heterocycles. The van der Waals surface area contributed by atoms with E-state index < -0.39 is 16.6 Å². The van der Waals surface area contributed by atoms with Crippen LogP contribution in [-0.2, 0) is 10.0 Å². The second kappa shape index (κ2) is 6.46. The number of alkyl halides is 2. The Morgan fingerprint density at radius 1 is 1.21 bits per heavy atom. The van der Waals surface area contributed by atoms with Gasteiger partial charge in [-0.05, 0) is 30.3 Å². The van der Waals surface area contributed by atoms with Crippen molar-refractivity contribution in [1.82, 2.24) is 8.75 Å². The fourth-order valence-corrected chi connectivity index (χ4v) is 4.01. The molecule has 0 fully saturated rings. The molecule has 0 aliphatic carbocycles. The highest BCUT2D eigenvalue weighted by atomic mass is 35.5. The van der Waals surface area contributed by atoms with Crippen molar-refractivity contribution in [2.45, 2.75) is 11.5 Å². The van der Waals surface area contributed by atoms with E-state index in [-0.39, 0.29) is 26.9 Å². The Morgan fingerprint density at radius 2 is 2.00 bits per heavy atom. The quantitative estimate of drug-likeness (QED) is 0.716. The number of anilines is 1. The molecule has 0 bridgehead atoms. The van der Waals surface area contributed by atoms with Crippen molar-refractivity contribution >= 4 is 50.1 Å². The Balaban J connectivity index is 1.92. The lowest BCUT2D eigenvalue weighted by molar-refractivity contribution is -0.0497. The van der Waals surface area contributed by atoms with Gasteiger partial charge in [0.25, 0.3) is 10.0 Å². The minimum absolute atomic E-state index is 0.0437. The van der Waals surface area contributed by atoms with Crippen molar-refractivity contribution in [1.29, 1.82) is 0 Å². The predicted molar refractivity (Wildman–Crippen MR) is 86.3 cm³/mol. The summed E-state index contributed by atoms with van der Waals surface area (Å²) in [6, 6.07) is 8.17. The van der Waals surface area contributed by atoms with Gasteiger partial charge in [-0.1, -0.05) is 17.7 Å². The van der Waals surface area contributed by atoms with E-state index in [0.29, 0.717) is 5.52 Å². The van der Waals surface area contributed by atoms with E-state index in [1.807, 2.05) is 0 Å². The molecule has 1 N–H and O–H groups in total. The second-order valence-electron chi connectivity index (χ2n) is 4.52. The number of benzene rings is 2. The third-order valence-corrected chi connectivity index (χ3v) is 5.19. The molecule has 3 aromatic rings. The summed E-state index contributed by atoms with van der Waals surface area (Å²) in [5.74, 6) is -0.250. The molecule has 0 amide bonds. The number of rotatable bonds is 5. The van der Waals surface area contributed by atoms with Crippen LogP contribution in [0.25, 0.3) is 11.0 Å². The van der Waals surface area contributed by atoms with E-state index in [1.165, 1.54) is 18.2 Å². The Hall–Kier alpha value is -2.04. The second-order valence-corrected chi connectivity index (χ2v) is 7.10. The fraction of sp³-hybridized carbons (Fsp3) is 0.0769. The maximum absolute atomic E-state index is 12.5. The Kier molecular flexibility index (Phi) is 4.52. The van der Waals surface area contributed by atoms with Crippen LogP contribution in [0.2, 0.25) is 5.02 Å². The smallest absolute Gasteiger partial charge is 0.387 e. The molecule has 1 aromatic heterocycles. The SMILES string of the molecule is O=S(=O)(Nc1ccc(OC(F)F)c(Cl)c1)c1cccc2nsnc12. The molecular formula is C13H8ClF2N3O3S2. The van der Waals surface area contributed by atoms with Crippen molar-refractivity contribution in [2.75, 3.05) is 4.72 Å². The zero-order valence-electron chi connectivity index (χ0n) is 11.6. The molecular weight excluding hydrogens is 384 g/mol. The highest BCUT2D eigenvalue weighted by Crippen LogP contribution is 2.30. The van der Waals surface area contributed by atoms with Crippen LogP contribution in [0.4, 0.5) is 14.5 Å². The summed E-state index contributed by atoms with van der Waals surface area (Å²) in [4.78, 5) is -0.0437. The molecule has 24 heavy (non-hydrogen) atoms. The summed E-state index contributed by atoms with van der Waals surface area (Å²) < 4.78 is 63.9. The van der Waals surface area contributed by atoms with E-state index in [2.05, 4.69) is 18.2 Å². The molecule has 0 radical (unpaired) electrons. The Bertz CT molecular complexity index is 995. The highest BCUT2D eigenvalue weighted by Gasteiger charge is 2.20. The van der Waals surface area contributed by atoms with Gasteiger partial charge in [0.05, 0.1) is 22.4 Å². The predicted octanol–water partition coefficient (Wildman–Crippen LogP) is 3.75. The van der Waals surface area contributed by atoms with Crippen LogP contribution in [0.3, 0.4) is 0 Å². The average Bonchev–Trinajstić information content (AvgIpc) is 2.97. The number of sulfonamides is 1. The molecule has 3 rings (SSSR count). The summed E-state index contributed by atoms with van der Waals surface area (Å²) in [7, 11) is -3.96. The van der Waals surface area contributed by atoms with E-state index in [9.17, 15) is 17.2 Å². The van der Waals surface area contributed by atoms with Crippen LogP contribution in [0.1, 0.15) is 0 Å². The lowest BCUT2D eigenvalue weighted by atomic mass is 10.3. The first-order valence-corrected chi connectivity index (χ1v) is 8.94. The normalized spacial score (nSPS) is 11.8. The van der Waals surface area contributed by atoms with Gasteiger partial charge in [-0.15, -0.1) is 0 Å². The molecule has 126 valence electrons. The lowest BCUT2D eigenvalue weighted by Crippen LogP contribution is -2.13. The summed E-state index contributed by atoms with van der Waals surface area (Å²) in [6.45, 7) is -3.03. The summed E-state index contributed by atoms with van der Waals surface area (Å²) in [5.41, 5.74) is 0.808. The molecule has 0 saturated carbocycles. The molecule has 0 spiro atoms. The number of halogens is 3. The van der Waals surface area contributed by atoms with Gasteiger partial charge in [0.15, 0.2) is 0 Å². The van der Waals surface area contributed by atoms with Crippen molar-refractivity contribution in [2.24, 2.45) is 0 Å². The van der Waals surface area contributed by atoms with Gasteiger partial charge >= 0.3 is 6.61 Å². The van der Waals surface area contributed by atoms with Gasteiger partial charge < -0.3 is 4.74 Å². The molecule has 1 heterocycles. The zero-order valence-corrected chi connectivity index (χ0v) is 14.0. The van der Waals surface area contributed by atoms with E-state index in [1.54, 1.807) is 12.1 Å². The number of aromatic nitrogens is 2. The van der Waals surface area contributed by atoms with Crippen LogP contribution >= 0.6 is 23.3 Å². The molecule has 0 unspecified atom stereocenters. The summed E-state index contributed by atoms with van der Waals surface area (Å²) in [5, 5.41) is -0.149. The molecule has 0 aliphatic rings. The number of hydrogen-bond donors (Lipinski definition) is 1. The van der Waals surface area contributed by atoms with Crippen LogP contribution in [0.15, 0.2) is 41.3 Å². The lowest BCUT2D eigenvalue weighted by Gasteiger charge is -2.11. The van der Waals surface area contributed by atoms with Gasteiger partial charge in [-0.3, -0.25) is 4.72 Å². The average molecular weight is 392 g/mol. The van der Waals surface area contributed by atoms with Gasteiger partial charge in [0.2, 0.25) is 0 Å². The molecule has 6 nitrogen and oxygen atoms in total. The van der Waals surface area contributed by atoms with E-state index in [0.717, 1.165) is 17.8 Å². The van der Waals surface area contributed by atoms with Gasteiger partial charge in [-0.25, -0.2) is 8.42 Å². The maximum Gasteiger partial charge on any atom is 0.387 e. The highest BCUT2D eigenvalue weighted by molar-refractivity contribution is 7.93. The van der Waals surface area contributed by atoms with Gasteiger partial charge in [-0.2, -0.15) is 17.5 Å². The van der Waals surface area contributed by atoms with Crippen LogP contribution in [0, 0.1) is 0 Å². The van der Waals surface area contributed by atoms with Gasteiger partial charge in [0, 0.05) is 0 Å². The Morgan fingerprint density at radius 3 is 2.71 bits per heavy atom. The summed E-state index contributed by atoms with van der Waals surface area (Å²) >= 11 is 6.71. The van der Waals surface area contributed by atoms with Crippen molar-refractivity contribution < 1.29 is 21.9 Å². The monoisotopic (exact) mass is 391 g/mol. The first-order chi connectivity index (χ1) is 11.4. The maximum atomic E-state index is 12.5. The number of nitrogens with one attached hydrogen (secondary N) is 1. The zero-order chi connectivity index (χ0) is 17.3. The van der Waals surface area contributed by atoms with Crippen molar-refractivity contribution in [3.63, 3.8) is 0 Å². The summed E-state index contributed by atoms with van der Waals surface area (Å²) in [6.07, 6.45) is 0. The number of hydrogen-bond acceptors (Lipinski definition) is 6. The minimum atomic E-state index is -3.96.